The molecule has 1 aromatic carbocycles. The number of rotatable bonds is 2. The van der Waals surface area contributed by atoms with Gasteiger partial charge in [-0.2, -0.15) is 0 Å². The highest BCUT2D eigenvalue weighted by atomic mass is 15.1. The maximum absolute atomic E-state index is 4.66. The third kappa shape index (κ3) is 2.46. The zero-order valence-corrected chi connectivity index (χ0v) is 10.8. The lowest BCUT2D eigenvalue weighted by molar-refractivity contribution is 0.261. The van der Waals surface area contributed by atoms with Crippen LogP contribution in [0.3, 0.4) is 0 Å². The van der Waals surface area contributed by atoms with Crippen molar-refractivity contribution in [1.29, 1.82) is 0 Å². The fraction of sp³-hybridized carbons (Fsp3) is 0.400. The quantitative estimate of drug-likeness (QED) is 0.876. The van der Waals surface area contributed by atoms with E-state index < -0.39 is 0 Å². The molecule has 0 saturated carbocycles. The molecule has 3 nitrogen and oxygen atoms in total. The molecule has 2 aromatic rings. The summed E-state index contributed by atoms with van der Waals surface area (Å²) in [7, 11) is 2.18. The average molecular weight is 241 g/mol. The minimum atomic E-state index is 0.525. The molecule has 1 aromatic heterocycles. The number of hydrogen-bond acceptors (Lipinski definition) is 3. The molecule has 1 saturated heterocycles. The van der Waals surface area contributed by atoms with E-state index in [4.69, 9.17) is 0 Å². The van der Waals surface area contributed by atoms with Crippen LogP contribution in [-0.4, -0.2) is 36.1 Å². The van der Waals surface area contributed by atoms with Crippen LogP contribution in [0.4, 0.5) is 5.82 Å². The van der Waals surface area contributed by atoms with E-state index in [2.05, 4.69) is 46.5 Å². The smallest absolute Gasteiger partial charge is 0.126 e. The predicted octanol–water partition coefficient (Wildman–Crippen LogP) is 2.74. The molecule has 1 N–H and O–H groups in total. The highest BCUT2D eigenvalue weighted by Gasteiger charge is 2.16. The van der Waals surface area contributed by atoms with Gasteiger partial charge in [-0.3, -0.25) is 0 Å². The van der Waals surface area contributed by atoms with Crippen LogP contribution in [0.15, 0.2) is 36.4 Å². The Kier molecular flexibility index (Phi) is 3.15. The average Bonchev–Trinajstić information content (AvgIpc) is 2.39. The van der Waals surface area contributed by atoms with Crippen LogP contribution in [0, 0.1) is 0 Å². The number of aromatic nitrogens is 1. The van der Waals surface area contributed by atoms with E-state index in [1.165, 1.54) is 24.8 Å². The van der Waals surface area contributed by atoms with Crippen LogP contribution >= 0.6 is 0 Å². The molecule has 1 aliphatic heterocycles. The number of piperidine rings is 1. The van der Waals surface area contributed by atoms with Crippen LogP contribution in [-0.2, 0) is 0 Å². The van der Waals surface area contributed by atoms with E-state index in [9.17, 15) is 0 Å². The maximum Gasteiger partial charge on any atom is 0.126 e. The van der Waals surface area contributed by atoms with Crippen molar-refractivity contribution in [3.8, 4) is 0 Å². The largest absolute Gasteiger partial charge is 0.366 e. The Labute approximate surface area is 108 Å². The molecule has 0 aliphatic carbocycles. The highest BCUT2D eigenvalue weighted by Crippen LogP contribution is 2.17. The summed E-state index contributed by atoms with van der Waals surface area (Å²) in [6.45, 7) is 2.32. The number of likely N-dealkylation sites (tertiary alicyclic amines) is 1. The number of nitrogens with one attached hydrogen (secondary N) is 1. The molecule has 18 heavy (non-hydrogen) atoms. The topological polar surface area (TPSA) is 28.2 Å². The number of pyridine rings is 1. The van der Waals surface area contributed by atoms with Crippen LogP contribution < -0.4 is 5.32 Å². The zero-order chi connectivity index (χ0) is 12.4. The van der Waals surface area contributed by atoms with Gasteiger partial charge in [0.05, 0.1) is 5.52 Å². The molecule has 0 radical (unpaired) electrons. The molecule has 3 heteroatoms. The maximum atomic E-state index is 4.66. The molecule has 0 spiro atoms. The standard InChI is InChI=1S/C15H19N3/c1-18-10-4-6-13(11-18)16-15-9-8-12-5-2-3-7-14(12)17-15/h2-3,5,7-9,13H,4,6,10-11H2,1H3,(H,16,17). The summed E-state index contributed by atoms with van der Waals surface area (Å²) in [5.41, 5.74) is 1.06. The summed E-state index contributed by atoms with van der Waals surface area (Å²) in [6.07, 6.45) is 2.50. The van der Waals surface area contributed by atoms with Gasteiger partial charge in [0.25, 0.3) is 0 Å². The van der Waals surface area contributed by atoms with E-state index in [0.29, 0.717) is 6.04 Å². The Morgan fingerprint density at radius 2 is 2.11 bits per heavy atom. The van der Waals surface area contributed by atoms with Crippen LogP contribution in [0.1, 0.15) is 12.8 Å². The highest BCUT2D eigenvalue weighted by molar-refractivity contribution is 5.80. The molecule has 1 fully saturated rings. The number of benzene rings is 1. The monoisotopic (exact) mass is 241 g/mol. The van der Waals surface area contributed by atoms with E-state index in [1.807, 2.05) is 12.1 Å². The Morgan fingerprint density at radius 3 is 3.00 bits per heavy atom. The van der Waals surface area contributed by atoms with Gasteiger partial charge in [0, 0.05) is 18.0 Å². The van der Waals surface area contributed by atoms with Gasteiger partial charge in [-0.05, 0) is 44.6 Å². The van der Waals surface area contributed by atoms with Crippen LogP contribution in [0.2, 0.25) is 0 Å². The van der Waals surface area contributed by atoms with Crippen molar-refractivity contribution in [1.82, 2.24) is 9.88 Å². The van der Waals surface area contributed by atoms with Crippen molar-refractivity contribution in [3.05, 3.63) is 36.4 Å². The van der Waals surface area contributed by atoms with E-state index in [0.717, 1.165) is 17.9 Å². The van der Waals surface area contributed by atoms with Crippen molar-refractivity contribution < 1.29 is 0 Å². The van der Waals surface area contributed by atoms with Crippen molar-refractivity contribution in [2.75, 3.05) is 25.5 Å². The SMILES string of the molecule is CN1CCCC(Nc2ccc3ccccc3n2)C1. The van der Waals surface area contributed by atoms with Gasteiger partial charge in [-0.15, -0.1) is 0 Å². The zero-order valence-electron chi connectivity index (χ0n) is 10.8. The third-order valence-electron chi connectivity index (χ3n) is 3.57. The molecule has 1 unspecified atom stereocenters. The molecule has 3 rings (SSSR count). The first-order chi connectivity index (χ1) is 8.81. The number of fused-ring (bicyclic) bond motifs is 1. The normalized spacial score (nSPS) is 21.1. The number of para-hydroxylation sites is 1. The summed E-state index contributed by atoms with van der Waals surface area (Å²) < 4.78 is 0. The van der Waals surface area contributed by atoms with Gasteiger partial charge in [-0.1, -0.05) is 18.2 Å². The van der Waals surface area contributed by atoms with Gasteiger partial charge in [-0.25, -0.2) is 4.98 Å². The molecule has 0 bridgehead atoms. The Hall–Kier alpha value is -1.61. The molecular weight excluding hydrogens is 222 g/mol. The van der Waals surface area contributed by atoms with E-state index >= 15 is 0 Å². The molecule has 1 aliphatic rings. The Balaban J connectivity index is 1.78. The first-order valence-corrected chi connectivity index (χ1v) is 6.62. The van der Waals surface area contributed by atoms with Crippen LogP contribution in [0.25, 0.3) is 10.9 Å². The number of nitrogens with zero attached hydrogens (tertiary/aromatic N) is 2. The van der Waals surface area contributed by atoms with Crippen molar-refractivity contribution >= 4 is 16.7 Å². The van der Waals surface area contributed by atoms with Crippen molar-refractivity contribution in [2.24, 2.45) is 0 Å². The van der Waals surface area contributed by atoms with Crippen LogP contribution in [0.5, 0.6) is 0 Å². The van der Waals surface area contributed by atoms with E-state index in [-0.39, 0.29) is 0 Å². The second kappa shape index (κ2) is 4.94. The molecule has 2 heterocycles. The lowest BCUT2D eigenvalue weighted by Crippen LogP contribution is -2.39. The summed E-state index contributed by atoms with van der Waals surface area (Å²) in [5.74, 6) is 0.994. The molecular formula is C15H19N3. The van der Waals surface area contributed by atoms with Gasteiger partial charge >= 0.3 is 0 Å². The minimum Gasteiger partial charge on any atom is -0.366 e. The third-order valence-corrected chi connectivity index (χ3v) is 3.57. The Bertz CT molecular complexity index is 538. The van der Waals surface area contributed by atoms with Gasteiger partial charge in [0.2, 0.25) is 0 Å². The summed E-state index contributed by atoms with van der Waals surface area (Å²) in [4.78, 5) is 7.04. The minimum absolute atomic E-state index is 0.525. The molecule has 94 valence electrons. The van der Waals surface area contributed by atoms with Crippen molar-refractivity contribution in [3.63, 3.8) is 0 Å². The lowest BCUT2D eigenvalue weighted by Gasteiger charge is -2.30. The predicted molar refractivity (Wildman–Crippen MR) is 75.9 cm³/mol. The van der Waals surface area contributed by atoms with Gasteiger partial charge in [0.15, 0.2) is 0 Å². The number of likely N-dealkylation sites (N-methyl/N-ethyl adjacent to an activating group) is 1. The summed E-state index contributed by atoms with van der Waals surface area (Å²) in [6, 6.07) is 13.0. The molecule has 1 atom stereocenters. The Morgan fingerprint density at radius 1 is 1.22 bits per heavy atom. The van der Waals surface area contributed by atoms with Crippen molar-refractivity contribution in [2.45, 2.75) is 18.9 Å². The lowest BCUT2D eigenvalue weighted by atomic mass is 10.1. The van der Waals surface area contributed by atoms with E-state index in [1.54, 1.807) is 0 Å². The number of anilines is 1. The second-order valence-corrected chi connectivity index (χ2v) is 5.13. The first kappa shape index (κ1) is 11.5. The summed E-state index contributed by atoms with van der Waals surface area (Å²) >= 11 is 0. The first-order valence-electron chi connectivity index (χ1n) is 6.62. The number of hydrogen-bond donors (Lipinski definition) is 1. The summed E-state index contributed by atoms with van der Waals surface area (Å²) in [5, 5.41) is 4.75. The molecule has 0 amide bonds. The fourth-order valence-electron chi connectivity index (χ4n) is 2.64. The fourth-order valence-corrected chi connectivity index (χ4v) is 2.64. The second-order valence-electron chi connectivity index (χ2n) is 5.13. The van der Waals surface area contributed by atoms with Gasteiger partial charge in [0.1, 0.15) is 5.82 Å². The van der Waals surface area contributed by atoms with Gasteiger partial charge < -0.3 is 10.2 Å².